The van der Waals surface area contributed by atoms with E-state index in [4.69, 9.17) is 9.72 Å². The molecule has 0 bridgehead atoms. The van der Waals surface area contributed by atoms with Crippen LogP contribution in [0.2, 0.25) is 0 Å². The molecule has 8 heteroatoms. The van der Waals surface area contributed by atoms with Crippen molar-refractivity contribution >= 4 is 34.5 Å². The van der Waals surface area contributed by atoms with Gasteiger partial charge in [0.25, 0.3) is 5.91 Å². The third-order valence-electron chi connectivity index (χ3n) is 5.90. The Hall–Kier alpha value is -4.04. The van der Waals surface area contributed by atoms with E-state index in [1.165, 1.54) is 16.2 Å². The number of carbonyl (C=O) groups excluding carboxylic acids is 2. The Kier molecular flexibility index (Phi) is 6.05. The van der Waals surface area contributed by atoms with Crippen molar-refractivity contribution in [2.24, 2.45) is 0 Å². The Morgan fingerprint density at radius 1 is 1.09 bits per heavy atom. The van der Waals surface area contributed by atoms with Crippen molar-refractivity contribution in [1.29, 1.82) is 0 Å². The first-order chi connectivity index (χ1) is 16.9. The molecule has 4 aromatic rings. The summed E-state index contributed by atoms with van der Waals surface area (Å²) in [7, 11) is 0. The highest BCUT2D eigenvalue weighted by Gasteiger charge is 2.33. The van der Waals surface area contributed by atoms with Gasteiger partial charge in [-0.05, 0) is 62.2 Å². The average Bonchev–Trinajstić information content (AvgIpc) is 3.35. The molecule has 0 saturated heterocycles. The highest BCUT2D eigenvalue weighted by molar-refractivity contribution is 7.13. The summed E-state index contributed by atoms with van der Waals surface area (Å²) in [5.74, 6) is 0.0203. The normalized spacial score (nSPS) is 14.9. The van der Waals surface area contributed by atoms with Crippen LogP contribution in [0, 0.1) is 13.8 Å². The lowest BCUT2D eigenvalue weighted by Crippen LogP contribution is -2.47. The van der Waals surface area contributed by atoms with Gasteiger partial charge in [0.15, 0.2) is 6.10 Å². The highest BCUT2D eigenvalue weighted by atomic mass is 32.1. The molecule has 35 heavy (non-hydrogen) atoms. The molecule has 0 aliphatic carbocycles. The van der Waals surface area contributed by atoms with Gasteiger partial charge in [-0.15, -0.1) is 11.3 Å². The third kappa shape index (κ3) is 4.52. The number of nitrogens with zero attached hydrogens (tertiary/aromatic N) is 3. The summed E-state index contributed by atoms with van der Waals surface area (Å²) in [5.41, 5.74) is 5.65. The summed E-state index contributed by atoms with van der Waals surface area (Å²) in [6.07, 6.45) is 1.05. The SMILES string of the molecule is Cc1cccc(C)c1NC(=O)CN1C(=O)C(C)Oc2ccc(-c3csc(-c4ccccn4)n3)cc21. The summed E-state index contributed by atoms with van der Waals surface area (Å²) in [6.45, 7) is 5.46. The van der Waals surface area contributed by atoms with E-state index in [1.807, 2.05) is 73.8 Å². The first-order valence-corrected chi connectivity index (χ1v) is 12.1. The van der Waals surface area contributed by atoms with Gasteiger partial charge in [0.2, 0.25) is 5.91 Å². The minimum atomic E-state index is -0.684. The molecule has 2 amide bonds. The number of rotatable bonds is 5. The second kappa shape index (κ2) is 9.31. The average molecular weight is 485 g/mol. The molecule has 176 valence electrons. The predicted molar refractivity (Wildman–Crippen MR) is 138 cm³/mol. The lowest BCUT2D eigenvalue weighted by Gasteiger charge is -2.33. The molecular formula is C27H24N4O3S. The molecule has 5 rings (SSSR count). The standard InChI is InChI=1S/C27H24N4O3S/c1-16-7-6-8-17(2)25(16)30-24(32)14-31-22-13-19(10-11-23(22)34-18(3)27(31)33)21-15-35-26(29-21)20-9-4-5-12-28-20/h4-13,15,18H,14H2,1-3H3,(H,30,32). The molecule has 0 fully saturated rings. The van der Waals surface area contributed by atoms with Gasteiger partial charge in [-0.2, -0.15) is 0 Å². The van der Waals surface area contributed by atoms with Crippen LogP contribution in [0.3, 0.4) is 0 Å². The lowest BCUT2D eigenvalue weighted by atomic mass is 10.1. The minimum absolute atomic E-state index is 0.118. The summed E-state index contributed by atoms with van der Waals surface area (Å²) in [5, 5.41) is 5.73. The minimum Gasteiger partial charge on any atom is -0.479 e. The zero-order chi connectivity index (χ0) is 24.5. The second-order valence-corrected chi connectivity index (χ2v) is 9.29. The Bertz CT molecular complexity index is 1400. The van der Waals surface area contributed by atoms with Gasteiger partial charge < -0.3 is 10.1 Å². The number of hydrogen-bond acceptors (Lipinski definition) is 6. The number of hydrogen-bond donors (Lipinski definition) is 1. The number of carbonyl (C=O) groups is 2. The van der Waals surface area contributed by atoms with Crippen LogP contribution >= 0.6 is 11.3 Å². The zero-order valence-electron chi connectivity index (χ0n) is 19.6. The van der Waals surface area contributed by atoms with E-state index in [9.17, 15) is 9.59 Å². The first kappa shape index (κ1) is 22.7. The summed E-state index contributed by atoms with van der Waals surface area (Å²) in [4.78, 5) is 36.6. The third-order valence-corrected chi connectivity index (χ3v) is 6.76. The van der Waals surface area contributed by atoms with E-state index < -0.39 is 6.10 Å². The largest absolute Gasteiger partial charge is 0.479 e. The first-order valence-electron chi connectivity index (χ1n) is 11.3. The number of fused-ring (bicyclic) bond motifs is 1. The van der Waals surface area contributed by atoms with E-state index >= 15 is 0 Å². The Labute approximate surface area is 207 Å². The maximum atomic E-state index is 13.0. The van der Waals surface area contributed by atoms with E-state index in [1.54, 1.807) is 13.1 Å². The fourth-order valence-corrected chi connectivity index (χ4v) is 4.88. The molecule has 1 unspecified atom stereocenters. The quantitative estimate of drug-likeness (QED) is 0.419. The van der Waals surface area contributed by atoms with Gasteiger partial charge in [0, 0.05) is 22.8 Å². The van der Waals surface area contributed by atoms with Gasteiger partial charge >= 0.3 is 0 Å². The summed E-state index contributed by atoms with van der Waals surface area (Å²) < 4.78 is 5.83. The highest BCUT2D eigenvalue weighted by Crippen LogP contribution is 2.38. The molecule has 2 aromatic carbocycles. The number of nitrogens with one attached hydrogen (secondary N) is 1. The van der Waals surface area contributed by atoms with Crippen LogP contribution in [-0.2, 0) is 9.59 Å². The molecule has 0 saturated carbocycles. The van der Waals surface area contributed by atoms with Crippen molar-refractivity contribution in [2.45, 2.75) is 26.9 Å². The number of aryl methyl sites for hydroxylation is 2. The van der Waals surface area contributed by atoms with Gasteiger partial charge in [-0.1, -0.05) is 24.3 Å². The molecule has 3 heterocycles. The summed E-state index contributed by atoms with van der Waals surface area (Å²) >= 11 is 1.50. The van der Waals surface area contributed by atoms with Crippen molar-refractivity contribution in [1.82, 2.24) is 9.97 Å². The number of benzene rings is 2. The van der Waals surface area contributed by atoms with Crippen LogP contribution in [0.4, 0.5) is 11.4 Å². The topological polar surface area (TPSA) is 84.4 Å². The lowest BCUT2D eigenvalue weighted by molar-refractivity contribution is -0.127. The fraction of sp³-hybridized carbons (Fsp3) is 0.185. The number of pyridine rings is 1. The van der Waals surface area contributed by atoms with E-state index in [0.29, 0.717) is 11.4 Å². The molecule has 0 radical (unpaired) electrons. The molecule has 1 N–H and O–H groups in total. The number of anilines is 2. The van der Waals surface area contributed by atoms with Gasteiger partial charge in [-0.3, -0.25) is 19.5 Å². The maximum absolute atomic E-state index is 13.0. The van der Waals surface area contributed by atoms with Crippen molar-refractivity contribution in [3.05, 3.63) is 77.3 Å². The molecule has 1 atom stereocenters. The number of amides is 2. The Balaban J connectivity index is 1.44. The van der Waals surface area contributed by atoms with Crippen molar-refractivity contribution in [3.8, 4) is 27.7 Å². The van der Waals surface area contributed by atoms with Crippen molar-refractivity contribution in [3.63, 3.8) is 0 Å². The number of para-hydroxylation sites is 1. The smallest absolute Gasteiger partial charge is 0.268 e. The molecule has 1 aliphatic heterocycles. The summed E-state index contributed by atoms with van der Waals surface area (Å²) in [6, 6.07) is 17.1. The molecular weight excluding hydrogens is 460 g/mol. The van der Waals surface area contributed by atoms with Crippen LogP contribution < -0.4 is 15.0 Å². The van der Waals surface area contributed by atoms with E-state index in [-0.39, 0.29) is 18.4 Å². The monoisotopic (exact) mass is 484 g/mol. The van der Waals surface area contributed by atoms with Gasteiger partial charge in [-0.25, -0.2) is 4.98 Å². The van der Waals surface area contributed by atoms with Crippen molar-refractivity contribution < 1.29 is 14.3 Å². The van der Waals surface area contributed by atoms with E-state index in [0.717, 1.165) is 38.8 Å². The second-order valence-electron chi connectivity index (χ2n) is 8.43. The van der Waals surface area contributed by atoms with Gasteiger partial charge in [0.05, 0.1) is 17.1 Å². The molecule has 1 aliphatic rings. The zero-order valence-corrected chi connectivity index (χ0v) is 20.4. The van der Waals surface area contributed by atoms with Crippen LogP contribution in [0.5, 0.6) is 5.75 Å². The molecule has 7 nitrogen and oxygen atoms in total. The number of aromatic nitrogens is 2. The maximum Gasteiger partial charge on any atom is 0.268 e. The Morgan fingerprint density at radius 2 is 1.89 bits per heavy atom. The van der Waals surface area contributed by atoms with Crippen LogP contribution in [0.25, 0.3) is 22.0 Å². The number of thiazole rings is 1. The van der Waals surface area contributed by atoms with Crippen molar-refractivity contribution in [2.75, 3.05) is 16.8 Å². The number of ether oxygens (including phenoxy) is 1. The van der Waals surface area contributed by atoms with E-state index in [2.05, 4.69) is 10.3 Å². The van der Waals surface area contributed by atoms with Crippen LogP contribution in [0.1, 0.15) is 18.1 Å². The van der Waals surface area contributed by atoms with Gasteiger partial charge in [0.1, 0.15) is 17.3 Å². The van der Waals surface area contributed by atoms with Crippen LogP contribution in [-0.4, -0.2) is 34.4 Å². The molecule has 0 spiro atoms. The predicted octanol–water partition coefficient (Wildman–Crippen LogP) is 5.24. The van der Waals surface area contributed by atoms with Crippen LogP contribution in [0.15, 0.2) is 66.2 Å². The molecule has 2 aromatic heterocycles. The Morgan fingerprint density at radius 3 is 2.63 bits per heavy atom. The fourth-order valence-electron chi connectivity index (χ4n) is 4.08.